The van der Waals surface area contributed by atoms with E-state index in [1.807, 2.05) is 0 Å². The third-order valence-electron chi connectivity index (χ3n) is 9.97. The Hall–Kier alpha value is -2.59. The van der Waals surface area contributed by atoms with Gasteiger partial charge in [-0.2, -0.15) is 0 Å². The van der Waals surface area contributed by atoms with Gasteiger partial charge in [0.15, 0.2) is 0 Å². The molecule has 11 heteroatoms. The van der Waals surface area contributed by atoms with Crippen LogP contribution in [0, 0.1) is 0 Å². The van der Waals surface area contributed by atoms with Crippen molar-refractivity contribution >= 4 is 19.8 Å². The number of esters is 1. The molecule has 3 atom stereocenters. The van der Waals surface area contributed by atoms with E-state index in [1.165, 1.54) is 70.6 Å². The average molecular weight is 878 g/mol. The lowest BCUT2D eigenvalue weighted by atomic mass is 10.1. The maximum atomic E-state index is 12.7. The first-order valence-electron chi connectivity index (χ1n) is 24.0. The lowest BCUT2D eigenvalue weighted by Gasteiger charge is -2.20. The molecule has 0 saturated heterocycles. The van der Waals surface area contributed by atoms with E-state index in [0.29, 0.717) is 13.0 Å². The van der Waals surface area contributed by atoms with Crippen LogP contribution in [0.3, 0.4) is 0 Å². The summed E-state index contributed by atoms with van der Waals surface area (Å²) in [6.07, 6.45) is 56.6. The Morgan fingerprint density at radius 2 is 0.951 bits per heavy atom. The van der Waals surface area contributed by atoms with E-state index < -0.39 is 45.1 Å². The van der Waals surface area contributed by atoms with E-state index in [4.69, 9.17) is 29.4 Å². The quantitative estimate of drug-likeness (QED) is 0.0233. The number of nitrogens with two attached hydrogens (primary N) is 1. The van der Waals surface area contributed by atoms with Crippen LogP contribution in [0.2, 0.25) is 0 Å². The predicted molar refractivity (Wildman–Crippen MR) is 254 cm³/mol. The van der Waals surface area contributed by atoms with Gasteiger partial charge in [-0.15, -0.1) is 0 Å². The van der Waals surface area contributed by atoms with Crippen LogP contribution in [0.1, 0.15) is 194 Å². The van der Waals surface area contributed by atoms with E-state index in [1.54, 1.807) is 0 Å². The first-order valence-corrected chi connectivity index (χ1v) is 25.5. The molecule has 0 aliphatic carbocycles. The SMILES string of the molecule is CC/C=C\C/C=C\C/C=C\CCCCCCCCCCOCC(COP(=O)(O)OCC(N)C(=O)O)OC(=O)CCCCCCCC/C=C\C/C=C\C/C=C\CCCCCCC. The van der Waals surface area contributed by atoms with Crippen LogP contribution in [-0.4, -0.2) is 60.5 Å². The number of hydrogen-bond donors (Lipinski definition) is 3. The van der Waals surface area contributed by atoms with Crippen LogP contribution in [0.15, 0.2) is 72.9 Å². The number of carboxylic acid groups (broad SMARTS) is 1. The maximum absolute atomic E-state index is 12.7. The van der Waals surface area contributed by atoms with E-state index in [-0.39, 0.29) is 13.0 Å². The lowest BCUT2D eigenvalue weighted by Crippen LogP contribution is -2.34. The molecule has 0 aromatic carbocycles. The summed E-state index contributed by atoms with van der Waals surface area (Å²) >= 11 is 0. The molecule has 0 amide bonds. The molecule has 0 heterocycles. The molecule has 0 spiro atoms. The summed E-state index contributed by atoms with van der Waals surface area (Å²) in [5, 5.41) is 8.92. The molecule has 0 fully saturated rings. The molecule has 0 aliphatic rings. The van der Waals surface area contributed by atoms with Gasteiger partial charge in [-0.1, -0.05) is 177 Å². The molecule has 0 rings (SSSR count). The molecule has 0 bridgehead atoms. The number of phosphoric ester groups is 1. The molecular weight excluding hydrogens is 790 g/mol. The molecule has 0 saturated carbocycles. The Morgan fingerprint density at radius 1 is 0.541 bits per heavy atom. The van der Waals surface area contributed by atoms with Crippen LogP contribution in [0.25, 0.3) is 0 Å². The summed E-state index contributed by atoms with van der Waals surface area (Å²) in [7, 11) is -4.63. The zero-order valence-electron chi connectivity index (χ0n) is 38.5. The summed E-state index contributed by atoms with van der Waals surface area (Å²) in [5.74, 6) is -1.80. The van der Waals surface area contributed by atoms with Crippen LogP contribution >= 0.6 is 7.82 Å². The smallest absolute Gasteiger partial charge is 0.472 e. The number of allylic oxidation sites excluding steroid dienone is 12. The Kier molecular flexibility index (Phi) is 43.5. The fraction of sp³-hybridized carbons (Fsp3) is 0.720. The number of carboxylic acids is 1. The van der Waals surface area contributed by atoms with Crippen molar-refractivity contribution in [2.24, 2.45) is 5.73 Å². The average Bonchev–Trinajstić information content (AvgIpc) is 3.24. The van der Waals surface area contributed by atoms with Gasteiger partial charge < -0.3 is 25.2 Å². The second-order valence-electron chi connectivity index (χ2n) is 15.9. The number of ether oxygens (including phenoxy) is 2. The number of aliphatic carboxylic acids is 1. The molecule has 4 N–H and O–H groups in total. The fourth-order valence-electron chi connectivity index (χ4n) is 6.27. The largest absolute Gasteiger partial charge is 0.480 e. The van der Waals surface area contributed by atoms with Crippen molar-refractivity contribution in [1.29, 1.82) is 0 Å². The van der Waals surface area contributed by atoms with Gasteiger partial charge in [0.1, 0.15) is 12.1 Å². The third-order valence-corrected chi connectivity index (χ3v) is 10.9. The first kappa shape index (κ1) is 58.4. The van der Waals surface area contributed by atoms with Gasteiger partial charge in [0.25, 0.3) is 0 Å². The molecule has 10 nitrogen and oxygen atoms in total. The van der Waals surface area contributed by atoms with Crippen molar-refractivity contribution in [3.8, 4) is 0 Å². The molecule has 0 aliphatic heterocycles. The highest BCUT2D eigenvalue weighted by Gasteiger charge is 2.27. The van der Waals surface area contributed by atoms with Gasteiger partial charge >= 0.3 is 19.8 Å². The van der Waals surface area contributed by atoms with Crippen LogP contribution in [0.5, 0.6) is 0 Å². The van der Waals surface area contributed by atoms with Crippen molar-refractivity contribution in [2.45, 2.75) is 206 Å². The topological polar surface area (TPSA) is 155 Å². The minimum Gasteiger partial charge on any atom is -0.480 e. The summed E-state index contributed by atoms with van der Waals surface area (Å²) in [6, 6.07) is -1.48. The maximum Gasteiger partial charge on any atom is 0.472 e. The number of carbonyl (C=O) groups excluding carboxylic acids is 1. The number of unbranched alkanes of at least 4 members (excludes halogenated alkanes) is 19. The Labute approximate surface area is 372 Å². The van der Waals surface area contributed by atoms with Gasteiger partial charge in [-0.05, 0) is 83.5 Å². The van der Waals surface area contributed by atoms with Gasteiger partial charge in [0, 0.05) is 13.0 Å². The molecular formula is C50H88NO9P. The van der Waals surface area contributed by atoms with Gasteiger partial charge in [-0.25, -0.2) is 4.57 Å². The fourth-order valence-corrected chi connectivity index (χ4v) is 7.05. The first-order chi connectivity index (χ1) is 29.7. The van der Waals surface area contributed by atoms with Crippen molar-refractivity contribution in [3.63, 3.8) is 0 Å². The molecule has 61 heavy (non-hydrogen) atoms. The van der Waals surface area contributed by atoms with E-state index >= 15 is 0 Å². The van der Waals surface area contributed by atoms with Crippen molar-refractivity contribution < 1.29 is 42.7 Å². The zero-order chi connectivity index (χ0) is 44.8. The molecule has 0 radical (unpaired) electrons. The summed E-state index contributed by atoms with van der Waals surface area (Å²) in [4.78, 5) is 33.6. The normalized spacial score (nSPS) is 14.4. The lowest BCUT2D eigenvalue weighted by molar-refractivity contribution is -0.154. The van der Waals surface area contributed by atoms with Crippen LogP contribution < -0.4 is 5.73 Å². The van der Waals surface area contributed by atoms with Crippen LogP contribution in [-0.2, 0) is 32.7 Å². The van der Waals surface area contributed by atoms with E-state index in [0.717, 1.165) is 96.3 Å². The van der Waals surface area contributed by atoms with Gasteiger partial charge in [0.2, 0.25) is 0 Å². The minimum absolute atomic E-state index is 0.00278. The minimum atomic E-state index is -4.63. The third kappa shape index (κ3) is 45.3. The van der Waals surface area contributed by atoms with E-state index in [9.17, 15) is 19.0 Å². The molecule has 3 unspecified atom stereocenters. The van der Waals surface area contributed by atoms with Gasteiger partial charge in [-0.3, -0.25) is 18.6 Å². The Balaban J connectivity index is 4.24. The summed E-state index contributed by atoms with van der Waals surface area (Å²) in [6.45, 7) is 3.73. The van der Waals surface area contributed by atoms with Crippen molar-refractivity contribution in [2.75, 3.05) is 26.4 Å². The van der Waals surface area contributed by atoms with E-state index in [2.05, 4.69) is 86.8 Å². The standard InChI is InChI=1S/C50H88NO9P/c1-3-5-7-9-11-13-15-17-19-21-23-24-25-26-28-30-32-34-36-38-40-42-49(52)60-47(45-58-61(55,56)59-46-48(51)50(53)54)44-57-43-41-39-37-35-33-31-29-27-22-20-18-16-14-12-10-8-6-4-2/h6,8,12,14-15,17-18,20-21,23,25-26,47-48H,3-5,7,9-11,13,16,19,22,24,27-46,51H2,1-2H3,(H,53,54)(H,55,56)/b8-6-,14-12-,17-15-,20-18-,23-21-,26-25-. The predicted octanol–water partition coefficient (Wildman–Crippen LogP) is 13.8. The highest BCUT2D eigenvalue weighted by atomic mass is 31.2. The number of phosphoric acid groups is 1. The number of carbonyl (C=O) groups is 2. The van der Waals surface area contributed by atoms with Crippen molar-refractivity contribution in [3.05, 3.63) is 72.9 Å². The number of hydrogen-bond acceptors (Lipinski definition) is 8. The van der Waals surface area contributed by atoms with Crippen LogP contribution in [0.4, 0.5) is 0 Å². The molecule has 0 aromatic rings. The highest BCUT2D eigenvalue weighted by Crippen LogP contribution is 2.43. The molecule has 0 aromatic heterocycles. The highest BCUT2D eigenvalue weighted by molar-refractivity contribution is 7.47. The second kappa shape index (κ2) is 45.4. The number of rotatable bonds is 45. The Bertz CT molecular complexity index is 1250. The van der Waals surface area contributed by atoms with Gasteiger partial charge in [0.05, 0.1) is 19.8 Å². The Morgan fingerprint density at radius 3 is 1.43 bits per heavy atom. The summed E-state index contributed by atoms with van der Waals surface area (Å²) < 4.78 is 33.4. The summed E-state index contributed by atoms with van der Waals surface area (Å²) in [5.41, 5.74) is 5.37. The molecule has 352 valence electrons. The zero-order valence-corrected chi connectivity index (χ0v) is 39.4. The van der Waals surface area contributed by atoms with Crippen molar-refractivity contribution in [1.82, 2.24) is 0 Å². The monoisotopic (exact) mass is 878 g/mol. The second-order valence-corrected chi connectivity index (χ2v) is 17.3.